The first-order chi connectivity index (χ1) is 15.8. The Morgan fingerprint density at radius 2 is 1.73 bits per heavy atom. The number of benzene rings is 2. The largest absolute Gasteiger partial charge is 0.369 e. The predicted molar refractivity (Wildman–Crippen MR) is 126 cm³/mol. The molecule has 174 valence electrons. The van der Waals surface area contributed by atoms with E-state index < -0.39 is 23.8 Å². The molecule has 3 atom stereocenters. The minimum Gasteiger partial charge on any atom is -0.369 e. The standard InChI is InChI=1S/C26H31N3O4/c1-17(27)24(31)15-20-12-11-19-9-5-6-10-23(19)29(26(20)33)16-22(30)14-21(25(28)32)13-18-7-3-2-4-8-18/h2-10,17,20-21H,11-16,27H2,1H3,(H2,28,32)/t17-,20?,21+/m0/s1. The summed E-state index contributed by atoms with van der Waals surface area (Å²) in [4.78, 5) is 52.2. The fourth-order valence-corrected chi connectivity index (χ4v) is 4.25. The molecule has 0 fully saturated rings. The monoisotopic (exact) mass is 449 g/mol. The van der Waals surface area contributed by atoms with Crippen LogP contribution in [0.25, 0.3) is 0 Å². The fourth-order valence-electron chi connectivity index (χ4n) is 4.25. The van der Waals surface area contributed by atoms with Crippen LogP contribution in [0.5, 0.6) is 0 Å². The van der Waals surface area contributed by atoms with Crippen LogP contribution in [-0.4, -0.2) is 36.0 Å². The number of hydrogen-bond acceptors (Lipinski definition) is 5. The molecule has 0 saturated carbocycles. The van der Waals surface area contributed by atoms with E-state index >= 15 is 0 Å². The van der Waals surface area contributed by atoms with Crippen molar-refractivity contribution in [1.82, 2.24) is 0 Å². The van der Waals surface area contributed by atoms with Crippen molar-refractivity contribution in [3.63, 3.8) is 0 Å². The summed E-state index contributed by atoms with van der Waals surface area (Å²) in [5.74, 6) is -2.44. The highest BCUT2D eigenvalue weighted by Gasteiger charge is 2.33. The molecule has 2 amide bonds. The van der Waals surface area contributed by atoms with Crippen molar-refractivity contribution in [2.75, 3.05) is 11.4 Å². The minimum absolute atomic E-state index is 0.0487. The summed E-state index contributed by atoms with van der Waals surface area (Å²) >= 11 is 0. The van der Waals surface area contributed by atoms with Gasteiger partial charge in [0.1, 0.15) is 5.78 Å². The second kappa shape index (κ2) is 11.0. The van der Waals surface area contributed by atoms with E-state index in [1.54, 1.807) is 6.92 Å². The van der Waals surface area contributed by atoms with Gasteiger partial charge in [-0.2, -0.15) is 0 Å². The number of anilines is 1. The van der Waals surface area contributed by atoms with Gasteiger partial charge in [-0.1, -0.05) is 48.5 Å². The van der Waals surface area contributed by atoms with E-state index in [9.17, 15) is 19.2 Å². The van der Waals surface area contributed by atoms with Crippen LogP contribution in [0.2, 0.25) is 0 Å². The van der Waals surface area contributed by atoms with E-state index in [4.69, 9.17) is 11.5 Å². The molecule has 0 aliphatic carbocycles. The second-order valence-corrected chi connectivity index (χ2v) is 8.78. The molecule has 7 nitrogen and oxygen atoms in total. The van der Waals surface area contributed by atoms with Crippen LogP contribution in [0.15, 0.2) is 54.6 Å². The van der Waals surface area contributed by atoms with Crippen LogP contribution >= 0.6 is 0 Å². The van der Waals surface area contributed by atoms with Crippen molar-refractivity contribution in [2.45, 2.75) is 45.1 Å². The Labute approximate surface area is 194 Å². The number of carbonyl (C=O) groups is 4. The van der Waals surface area contributed by atoms with Crippen LogP contribution < -0.4 is 16.4 Å². The molecule has 4 N–H and O–H groups in total. The number of hydrogen-bond donors (Lipinski definition) is 2. The van der Waals surface area contributed by atoms with Crippen molar-refractivity contribution < 1.29 is 19.2 Å². The smallest absolute Gasteiger partial charge is 0.230 e. The Kier molecular flexibility index (Phi) is 8.11. The summed E-state index contributed by atoms with van der Waals surface area (Å²) in [7, 11) is 0. The topological polar surface area (TPSA) is 124 Å². The summed E-state index contributed by atoms with van der Waals surface area (Å²) in [5, 5.41) is 0. The van der Waals surface area contributed by atoms with Crippen LogP contribution in [0.1, 0.15) is 37.3 Å². The molecule has 7 heteroatoms. The van der Waals surface area contributed by atoms with E-state index in [0.717, 1.165) is 11.1 Å². The lowest BCUT2D eigenvalue weighted by atomic mass is 9.92. The molecule has 1 unspecified atom stereocenters. The first-order valence-corrected chi connectivity index (χ1v) is 11.3. The molecule has 1 aliphatic heterocycles. The quantitative estimate of drug-likeness (QED) is 0.575. The van der Waals surface area contributed by atoms with E-state index in [0.29, 0.717) is 24.9 Å². The number of aryl methyl sites for hydroxylation is 1. The zero-order chi connectivity index (χ0) is 24.0. The van der Waals surface area contributed by atoms with Gasteiger partial charge < -0.3 is 16.4 Å². The van der Waals surface area contributed by atoms with Crippen molar-refractivity contribution >= 4 is 29.1 Å². The molecule has 3 rings (SSSR count). The highest BCUT2D eigenvalue weighted by Crippen LogP contribution is 2.31. The molecule has 0 saturated heterocycles. The summed E-state index contributed by atoms with van der Waals surface area (Å²) in [5.41, 5.74) is 13.8. The highest BCUT2D eigenvalue weighted by atomic mass is 16.2. The third-order valence-corrected chi connectivity index (χ3v) is 6.15. The van der Waals surface area contributed by atoms with E-state index in [1.807, 2.05) is 54.6 Å². The van der Waals surface area contributed by atoms with Gasteiger partial charge in [-0.05, 0) is 43.4 Å². The maximum Gasteiger partial charge on any atom is 0.230 e. The molecule has 2 aromatic carbocycles. The molecule has 1 heterocycles. The van der Waals surface area contributed by atoms with Gasteiger partial charge in [0, 0.05) is 30.4 Å². The first kappa shape index (κ1) is 24.3. The third kappa shape index (κ3) is 6.35. The van der Waals surface area contributed by atoms with Gasteiger partial charge in [-0.25, -0.2) is 0 Å². The van der Waals surface area contributed by atoms with Gasteiger partial charge in [0.25, 0.3) is 0 Å². The molecule has 2 aromatic rings. The second-order valence-electron chi connectivity index (χ2n) is 8.78. The summed E-state index contributed by atoms with van der Waals surface area (Å²) in [6.45, 7) is 1.44. The van der Waals surface area contributed by atoms with E-state index in [1.165, 1.54) is 4.90 Å². The number of para-hydroxylation sites is 1. The maximum absolute atomic E-state index is 13.4. The fraction of sp³-hybridized carbons (Fsp3) is 0.385. The van der Waals surface area contributed by atoms with E-state index in [2.05, 4.69) is 0 Å². The Hall–Kier alpha value is -3.32. The Morgan fingerprint density at radius 3 is 2.39 bits per heavy atom. The summed E-state index contributed by atoms with van der Waals surface area (Å²) in [6, 6.07) is 16.2. The van der Waals surface area contributed by atoms with Crippen molar-refractivity contribution in [1.29, 1.82) is 0 Å². The van der Waals surface area contributed by atoms with Gasteiger partial charge in [0.2, 0.25) is 11.8 Å². The Bertz CT molecular complexity index is 1020. The SMILES string of the molecule is C[C@H](N)C(=O)CC1CCc2ccccc2N(CC(=O)C[C@@H](Cc2ccccc2)C(N)=O)C1=O. The lowest BCUT2D eigenvalue weighted by Gasteiger charge is -2.26. The number of Topliss-reactive ketones (excluding diaryl/α,β-unsaturated/α-hetero) is 2. The third-order valence-electron chi connectivity index (χ3n) is 6.15. The lowest BCUT2D eigenvalue weighted by Crippen LogP contribution is -2.42. The number of ketones is 2. The molecule has 0 bridgehead atoms. The molecule has 0 radical (unpaired) electrons. The number of rotatable bonds is 10. The highest BCUT2D eigenvalue weighted by molar-refractivity contribution is 6.03. The molecular formula is C26H31N3O4. The number of nitrogens with zero attached hydrogens (tertiary/aromatic N) is 1. The van der Waals surface area contributed by atoms with Crippen molar-refractivity contribution in [3.05, 3.63) is 65.7 Å². The molecule has 1 aliphatic rings. The van der Waals surface area contributed by atoms with Crippen LogP contribution in [0.3, 0.4) is 0 Å². The average molecular weight is 450 g/mol. The summed E-state index contributed by atoms with van der Waals surface area (Å²) in [6.07, 6.45) is 1.49. The molecule has 0 spiro atoms. The normalized spacial score (nSPS) is 17.6. The number of amides is 2. The van der Waals surface area contributed by atoms with E-state index in [-0.39, 0.29) is 36.9 Å². The van der Waals surface area contributed by atoms with Gasteiger partial charge >= 0.3 is 0 Å². The number of primary amides is 1. The zero-order valence-corrected chi connectivity index (χ0v) is 18.9. The Balaban J connectivity index is 1.79. The predicted octanol–water partition coefficient (Wildman–Crippen LogP) is 2.19. The van der Waals surface area contributed by atoms with Gasteiger partial charge in [-0.15, -0.1) is 0 Å². The summed E-state index contributed by atoms with van der Waals surface area (Å²) < 4.78 is 0. The maximum atomic E-state index is 13.4. The van der Waals surface area contributed by atoms with Crippen LogP contribution in [0, 0.1) is 11.8 Å². The molecular weight excluding hydrogens is 418 g/mol. The number of fused-ring (bicyclic) bond motifs is 1. The number of nitrogens with two attached hydrogens (primary N) is 2. The average Bonchev–Trinajstić information content (AvgIpc) is 2.91. The van der Waals surface area contributed by atoms with Crippen LogP contribution in [-0.2, 0) is 32.0 Å². The zero-order valence-electron chi connectivity index (χ0n) is 18.9. The van der Waals surface area contributed by atoms with Crippen molar-refractivity contribution in [3.8, 4) is 0 Å². The minimum atomic E-state index is -0.660. The first-order valence-electron chi connectivity index (χ1n) is 11.3. The van der Waals surface area contributed by atoms with Gasteiger partial charge in [0.05, 0.1) is 12.6 Å². The number of carbonyl (C=O) groups excluding carboxylic acids is 4. The Morgan fingerprint density at radius 1 is 1.06 bits per heavy atom. The molecule has 33 heavy (non-hydrogen) atoms. The van der Waals surface area contributed by atoms with Crippen molar-refractivity contribution in [2.24, 2.45) is 23.3 Å². The lowest BCUT2D eigenvalue weighted by molar-refractivity contribution is -0.129. The van der Waals surface area contributed by atoms with Crippen LogP contribution in [0.4, 0.5) is 5.69 Å². The van der Waals surface area contributed by atoms with Gasteiger partial charge in [-0.3, -0.25) is 19.2 Å². The van der Waals surface area contributed by atoms with Gasteiger partial charge in [0.15, 0.2) is 5.78 Å². The molecule has 0 aromatic heterocycles.